The van der Waals surface area contributed by atoms with Crippen LogP contribution in [0.5, 0.6) is 0 Å². The van der Waals surface area contributed by atoms with Gasteiger partial charge < -0.3 is 18.9 Å². The summed E-state index contributed by atoms with van der Waals surface area (Å²) in [7, 11) is 5.44. The fourth-order valence-corrected chi connectivity index (χ4v) is 1.45. The zero-order chi connectivity index (χ0) is 14.0. The Kier molecular flexibility index (Phi) is 8.86. The molecule has 0 aliphatic heterocycles. The third-order valence-electron chi connectivity index (χ3n) is 2.27. The molecule has 0 aliphatic carbocycles. The van der Waals surface area contributed by atoms with E-state index in [2.05, 4.69) is 9.98 Å². The number of ether oxygens (including phenoxy) is 4. The Morgan fingerprint density at radius 2 is 1.06 bits per heavy atom. The van der Waals surface area contributed by atoms with E-state index in [1.807, 2.05) is 0 Å². The number of aliphatic imine (C=N–C) groups is 2. The Morgan fingerprint density at radius 1 is 0.722 bits per heavy atom. The Hall–Kier alpha value is -1.40. The Labute approximate surface area is 105 Å². The molecule has 0 aromatic carbocycles. The average Bonchev–Trinajstić information content (AvgIpc) is 2.40. The molecule has 8 nitrogen and oxygen atoms in total. The number of methoxy groups -OCH3 is 4. The first-order valence-electron chi connectivity index (χ1n) is 4.95. The standard InChI is InChI=1S/C10H16N2O6/c1-15-7(9(17-3)11-5-13)8(16-2)10(18-4)12-6-14/h7-10H,1-4H3. The molecule has 102 valence electrons. The summed E-state index contributed by atoms with van der Waals surface area (Å²) in [5, 5.41) is 0. The van der Waals surface area contributed by atoms with Crippen LogP contribution in [0.3, 0.4) is 0 Å². The number of hydrogen-bond acceptors (Lipinski definition) is 8. The average molecular weight is 260 g/mol. The zero-order valence-electron chi connectivity index (χ0n) is 10.7. The number of isocyanates is 2. The van der Waals surface area contributed by atoms with Gasteiger partial charge in [0.25, 0.3) is 0 Å². The molecule has 0 rings (SSSR count). The summed E-state index contributed by atoms with van der Waals surface area (Å²) in [6, 6.07) is 0. The number of carbonyl (C=O) groups excluding carboxylic acids is 2. The van der Waals surface area contributed by atoms with Crippen LogP contribution in [0.15, 0.2) is 9.98 Å². The van der Waals surface area contributed by atoms with E-state index in [0.717, 1.165) is 0 Å². The maximum Gasteiger partial charge on any atom is 0.237 e. The van der Waals surface area contributed by atoms with Crippen LogP contribution < -0.4 is 0 Å². The first-order chi connectivity index (χ1) is 8.69. The second-order valence-electron chi connectivity index (χ2n) is 3.09. The smallest absolute Gasteiger partial charge is 0.237 e. The Balaban J connectivity index is 5.16. The molecule has 0 N–H and O–H groups in total. The first-order valence-corrected chi connectivity index (χ1v) is 4.95. The molecule has 8 heteroatoms. The summed E-state index contributed by atoms with van der Waals surface area (Å²) in [6.07, 6.45) is -0.765. The van der Waals surface area contributed by atoms with E-state index in [-0.39, 0.29) is 0 Å². The minimum atomic E-state index is -0.947. The predicted molar refractivity (Wildman–Crippen MR) is 59.4 cm³/mol. The molecule has 0 saturated carbocycles. The quantitative estimate of drug-likeness (QED) is 0.414. The first kappa shape index (κ1) is 16.6. The summed E-state index contributed by atoms with van der Waals surface area (Å²) in [4.78, 5) is 27.4. The van der Waals surface area contributed by atoms with Gasteiger partial charge in [-0.1, -0.05) is 0 Å². The largest absolute Gasteiger partial charge is 0.374 e. The van der Waals surface area contributed by atoms with E-state index in [1.54, 1.807) is 0 Å². The molecule has 0 heterocycles. The maximum absolute atomic E-state index is 10.3. The Morgan fingerprint density at radius 3 is 1.22 bits per heavy atom. The van der Waals surface area contributed by atoms with Crippen molar-refractivity contribution in [2.75, 3.05) is 28.4 Å². The zero-order valence-corrected chi connectivity index (χ0v) is 10.7. The molecule has 0 aromatic rings. The summed E-state index contributed by atoms with van der Waals surface area (Å²) in [6.45, 7) is 0. The lowest BCUT2D eigenvalue weighted by atomic mass is 10.1. The second kappa shape index (κ2) is 9.61. The molecule has 0 saturated heterocycles. The van der Waals surface area contributed by atoms with Gasteiger partial charge in [0.2, 0.25) is 12.2 Å². The summed E-state index contributed by atoms with van der Waals surface area (Å²) in [5.41, 5.74) is 0. The molecule has 4 unspecified atom stereocenters. The van der Waals surface area contributed by atoms with Gasteiger partial charge in [-0.2, -0.15) is 9.98 Å². The van der Waals surface area contributed by atoms with Crippen LogP contribution in [0.2, 0.25) is 0 Å². The molecule has 0 fully saturated rings. The predicted octanol–water partition coefficient (Wildman–Crippen LogP) is -0.367. The molecule has 0 aromatic heterocycles. The lowest BCUT2D eigenvalue weighted by Gasteiger charge is -2.30. The topological polar surface area (TPSA) is 95.8 Å². The molecule has 0 spiro atoms. The van der Waals surface area contributed by atoms with Crippen molar-refractivity contribution in [1.82, 2.24) is 0 Å². The SMILES string of the molecule is COC(N=C=O)C(OC)C(OC)C(N=C=O)OC. The Bertz CT molecular complexity index is 292. The van der Waals surface area contributed by atoms with Gasteiger partial charge in [-0.25, -0.2) is 9.59 Å². The van der Waals surface area contributed by atoms with Gasteiger partial charge in [0.15, 0.2) is 12.5 Å². The van der Waals surface area contributed by atoms with Crippen LogP contribution in [0.1, 0.15) is 0 Å². The summed E-state index contributed by atoms with van der Waals surface area (Å²) in [5.74, 6) is 0. The second-order valence-corrected chi connectivity index (χ2v) is 3.09. The highest BCUT2D eigenvalue weighted by atomic mass is 16.6. The molecular weight excluding hydrogens is 244 g/mol. The maximum atomic E-state index is 10.3. The van der Waals surface area contributed by atoms with E-state index in [0.29, 0.717) is 0 Å². The van der Waals surface area contributed by atoms with Crippen molar-refractivity contribution in [3.05, 3.63) is 0 Å². The molecular formula is C10H16N2O6. The fourth-order valence-electron chi connectivity index (χ4n) is 1.45. The van der Waals surface area contributed by atoms with Gasteiger partial charge in [0, 0.05) is 28.4 Å². The van der Waals surface area contributed by atoms with Crippen molar-refractivity contribution in [3.63, 3.8) is 0 Å². The van der Waals surface area contributed by atoms with Crippen molar-refractivity contribution >= 4 is 12.2 Å². The summed E-state index contributed by atoms with van der Waals surface area (Å²) >= 11 is 0. The highest BCUT2D eigenvalue weighted by Gasteiger charge is 2.36. The van der Waals surface area contributed by atoms with Gasteiger partial charge in [0.05, 0.1) is 0 Å². The van der Waals surface area contributed by atoms with Crippen LogP contribution in [0.4, 0.5) is 0 Å². The van der Waals surface area contributed by atoms with Crippen molar-refractivity contribution in [1.29, 1.82) is 0 Å². The number of rotatable bonds is 9. The van der Waals surface area contributed by atoms with E-state index in [1.165, 1.54) is 40.6 Å². The number of nitrogens with zero attached hydrogens (tertiary/aromatic N) is 2. The van der Waals surface area contributed by atoms with E-state index >= 15 is 0 Å². The van der Waals surface area contributed by atoms with E-state index < -0.39 is 24.7 Å². The minimum Gasteiger partial charge on any atom is -0.374 e. The highest BCUT2D eigenvalue weighted by molar-refractivity contribution is 5.34. The van der Waals surface area contributed by atoms with Crippen LogP contribution in [0.25, 0.3) is 0 Å². The van der Waals surface area contributed by atoms with Crippen LogP contribution in [-0.2, 0) is 28.5 Å². The van der Waals surface area contributed by atoms with Gasteiger partial charge in [-0.15, -0.1) is 0 Å². The number of hydrogen-bond donors (Lipinski definition) is 0. The fraction of sp³-hybridized carbons (Fsp3) is 0.800. The van der Waals surface area contributed by atoms with Crippen molar-refractivity contribution in [2.24, 2.45) is 9.98 Å². The van der Waals surface area contributed by atoms with Crippen molar-refractivity contribution in [3.8, 4) is 0 Å². The lowest BCUT2D eigenvalue weighted by molar-refractivity contribution is -0.144. The van der Waals surface area contributed by atoms with E-state index in [4.69, 9.17) is 18.9 Å². The third-order valence-corrected chi connectivity index (χ3v) is 2.27. The minimum absolute atomic E-state index is 0.802. The third kappa shape index (κ3) is 4.46. The molecule has 4 atom stereocenters. The van der Waals surface area contributed by atoms with Gasteiger partial charge in [0.1, 0.15) is 12.2 Å². The highest BCUT2D eigenvalue weighted by Crippen LogP contribution is 2.17. The molecule has 0 amide bonds. The van der Waals surface area contributed by atoms with Gasteiger partial charge in [-0.3, -0.25) is 0 Å². The van der Waals surface area contributed by atoms with Crippen LogP contribution in [0, 0.1) is 0 Å². The van der Waals surface area contributed by atoms with Gasteiger partial charge >= 0.3 is 0 Å². The van der Waals surface area contributed by atoms with E-state index in [9.17, 15) is 9.59 Å². The monoisotopic (exact) mass is 260 g/mol. The van der Waals surface area contributed by atoms with Crippen LogP contribution in [-0.4, -0.2) is 65.3 Å². The lowest BCUT2D eigenvalue weighted by Crippen LogP contribution is -2.47. The summed E-state index contributed by atoms with van der Waals surface area (Å²) < 4.78 is 20.2. The van der Waals surface area contributed by atoms with Gasteiger partial charge in [-0.05, 0) is 0 Å². The van der Waals surface area contributed by atoms with Crippen molar-refractivity contribution in [2.45, 2.75) is 24.7 Å². The molecule has 0 bridgehead atoms. The molecule has 0 aliphatic rings. The van der Waals surface area contributed by atoms with Crippen LogP contribution >= 0.6 is 0 Å². The molecule has 0 radical (unpaired) electrons. The normalized spacial score (nSPS) is 16.9. The molecule has 18 heavy (non-hydrogen) atoms. The van der Waals surface area contributed by atoms with Crippen molar-refractivity contribution < 1.29 is 28.5 Å².